The Labute approximate surface area is 136 Å². The number of thiophene rings is 1. The van der Waals surface area contributed by atoms with Gasteiger partial charge in [-0.2, -0.15) is 11.8 Å². The van der Waals surface area contributed by atoms with Crippen molar-refractivity contribution >= 4 is 50.8 Å². The molecule has 0 aliphatic carbocycles. The highest BCUT2D eigenvalue weighted by Gasteiger charge is 2.26. The molecule has 1 aromatic carbocycles. The molecule has 112 valence electrons. The molecule has 0 bridgehead atoms. The first-order valence-electron chi connectivity index (χ1n) is 6.84. The number of hydrogen-bond donors (Lipinski definition) is 1. The number of aliphatic carboxylic acids is 1. The molecule has 0 spiro atoms. The van der Waals surface area contributed by atoms with Crippen LogP contribution in [0.2, 0.25) is 5.02 Å². The van der Waals surface area contributed by atoms with Gasteiger partial charge in [0.1, 0.15) is 0 Å². The Hall–Kier alpha value is -0.750. The molecule has 1 aliphatic heterocycles. The van der Waals surface area contributed by atoms with Gasteiger partial charge >= 0.3 is 5.97 Å². The van der Waals surface area contributed by atoms with Crippen LogP contribution in [0.1, 0.15) is 11.3 Å². The molecule has 1 saturated heterocycles. The van der Waals surface area contributed by atoms with Crippen molar-refractivity contribution in [2.45, 2.75) is 19.0 Å². The van der Waals surface area contributed by atoms with Crippen LogP contribution in [-0.4, -0.2) is 40.1 Å². The van der Waals surface area contributed by atoms with Crippen molar-refractivity contribution in [1.82, 2.24) is 4.90 Å². The van der Waals surface area contributed by atoms with E-state index in [0.29, 0.717) is 0 Å². The summed E-state index contributed by atoms with van der Waals surface area (Å²) >= 11 is 10.0. The second-order valence-corrected chi connectivity index (χ2v) is 7.80. The minimum absolute atomic E-state index is 0.0996. The van der Waals surface area contributed by atoms with E-state index in [9.17, 15) is 4.79 Å². The summed E-state index contributed by atoms with van der Waals surface area (Å²) in [6.07, 6.45) is 0.204. The van der Waals surface area contributed by atoms with Crippen molar-refractivity contribution in [1.29, 1.82) is 0 Å². The summed E-state index contributed by atoms with van der Waals surface area (Å²) < 4.78 is 1.19. The Morgan fingerprint density at radius 1 is 1.43 bits per heavy atom. The number of fused-ring (bicyclic) bond motifs is 1. The van der Waals surface area contributed by atoms with E-state index in [1.165, 1.54) is 4.70 Å². The Morgan fingerprint density at radius 3 is 3.00 bits per heavy atom. The lowest BCUT2D eigenvalue weighted by atomic mass is 10.2. The molecule has 1 fully saturated rings. The lowest BCUT2D eigenvalue weighted by Gasteiger charge is -2.34. The Balaban J connectivity index is 1.82. The zero-order valence-electron chi connectivity index (χ0n) is 11.4. The molecule has 2 heterocycles. The molecule has 1 aromatic heterocycles. The van der Waals surface area contributed by atoms with E-state index >= 15 is 0 Å². The molecular weight excluding hydrogens is 326 g/mol. The number of rotatable bonds is 4. The van der Waals surface area contributed by atoms with Gasteiger partial charge in [-0.25, -0.2) is 0 Å². The minimum Gasteiger partial charge on any atom is -0.481 e. The number of nitrogens with zero attached hydrogens (tertiary/aromatic N) is 1. The number of benzene rings is 1. The molecular formula is C15H16ClNO2S2. The lowest BCUT2D eigenvalue weighted by Crippen LogP contribution is -2.42. The fraction of sp³-hybridized carbons (Fsp3) is 0.400. The molecule has 0 amide bonds. The zero-order valence-corrected chi connectivity index (χ0v) is 13.8. The molecule has 3 nitrogen and oxygen atoms in total. The number of carboxylic acid groups (broad SMARTS) is 1. The van der Waals surface area contributed by atoms with Crippen LogP contribution >= 0.6 is 34.7 Å². The number of thioether (sulfide) groups is 1. The van der Waals surface area contributed by atoms with Crippen LogP contribution in [0.5, 0.6) is 0 Å². The van der Waals surface area contributed by atoms with Crippen LogP contribution in [0.3, 0.4) is 0 Å². The summed E-state index contributed by atoms with van der Waals surface area (Å²) in [5.74, 6) is 1.21. The predicted molar refractivity (Wildman–Crippen MR) is 90.6 cm³/mol. The first-order valence-corrected chi connectivity index (χ1v) is 9.19. The maximum atomic E-state index is 11.0. The Kier molecular flexibility index (Phi) is 4.74. The molecule has 3 rings (SSSR count). The van der Waals surface area contributed by atoms with Crippen molar-refractivity contribution in [3.05, 3.63) is 34.2 Å². The quantitative estimate of drug-likeness (QED) is 0.914. The third-order valence-electron chi connectivity index (χ3n) is 3.71. The SMILES string of the molecule is O=C(O)CC1CSCCN1Cc1sc2ccccc2c1Cl. The largest absolute Gasteiger partial charge is 0.481 e. The molecule has 1 N–H and O–H groups in total. The van der Waals surface area contributed by atoms with Gasteiger partial charge in [0.15, 0.2) is 0 Å². The Morgan fingerprint density at radius 2 is 2.24 bits per heavy atom. The first-order chi connectivity index (χ1) is 10.1. The van der Waals surface area contributed by atoms with E-state index < -0.39 is 5.97 Å². The van der Waals surface area contributed by atoms with Gasteiger partial charge in [0.2, 0.25) is 0 Å². The van der Waals surface area contributed by atoms with Gasteiger partial charge in [-0.05, 0) is 6.07 Å². The van der Waals surface area contributed by atoms with Crippen LogP contribution in [0.25, 0.3) is 10.1 Å². The van der Waals surface area contributed by atoms with Crippen molar-refractivity contribution < 1.29 is 9.90 Å². The van der Waals surface area contributed by atoms with E-state index in [4.69, 9.17) is 16.7 Å². The van der Waals surface area contributed by atoms with Gasteiger partial charge in [-0.3, -0.25) is 9.69 Å². The average molecular weight is 342 g/mol. The normalized spacial score (nSPS) is 20.0. The molecule has 21 heavy (non-hydrogen) atoms. The predicted octanol–water partition coefficient (Wildman–Crippen LogP) is 3.95. The molecule has 2 aromatic rings. The second-order valence-electron chi connectivity index (χ2n) is 5.13. The Bertz CT molecular complexity index is 658. The third-order valence-corrected chi connectivity index (χ3v) is 6.50. The lowest BCUT2D eigenvalue weighted by molar-refractivity contribution is -0.138. The fourth-order valence-corrected chi connectivity index (χ4v) is 5.29. The zero-order chi connectivity index (χ0) is 14.8. The van der Waals surface area contributed by atoms with Gasteiger partial charge in [-0.15, -0.1) is 11.3 Å². The van der Waals surface area contributed by atoms with Crippen molar-refractivity contribution in [2.75, 3.05) is 18.1 Å². The number of carbonyl (C=O) groups is 1. The molecule has 0 saturated carbocycles. The van der Waals surface area contributed by atoms with E-state index in [-0.39, 0.29) is 12.5 Å². The highest BCUT2D eigenvalue weighted by Crippen LogP contribution is 2.36. The molecule has 6 heteroatoms. The summed E-state index contributed by atoms with van der Waals surface area (Å²) in [5.41, 5.74) is 0. The second kappa shape index (κ2) is 6.57. The average Bonchev–Trinajstić information content (AvgIpc) is 2.78. The van der Waals surface area contributed by atoms with Crippen molar-refractivity contribution in [3.63, 3.8) is 0 Å². The van der Waals surface area contributed by atoms with Crippen LogP contribution in [0.15, 0.2) is 24.3 Å². The number of hydrogen-bond acceptors (Lipinski definition) is 4. The van der Waals surface area contributed by atoms with Gasteiger partial charge in [0.25, 0.3) is 0 Å². The van der Waals surface area contributed by atoms with Crippen LogP contribution in [-0.2, 0) is 11.3 Å². The van der Waals surface area contributed by atoms with Gasteiger partial charge in [0, 0.05) is 45.6 Å². The van der Waals surface area contributed by atoms with Gasteiger partial charge in [0.05, 0.1) is 11.4 Å². The summed E-state index contributed by atoms with van der Waals surface area (Å²) in [6, 6.07) is 8.23. The van der Waals surface area contributed by atoms with Crippen LogP contribution in [0.4, 0.5) is 0 Å². The fourth-order valence-electron chi connectivity index (χ4n) is 2.64. The van der Waals surface area contributed by atoms with E-state index in [2.05, 4.69) is 11.0 Å². The molecule has 1 atom stereocenters. The molecule has 0 radical (unpaired) electrons. The van der Waals surface area contributed by atoms with Crippen LogP contribution in [0, 0.1) is 0 Å². The number of halogens is 1. The van der Waals surface area contributed by atoms with Crippen LogP contribution < -0.4 is 0 Å². The summed E-state index contributed by atoms with van der Waals surface area (Å²) in [5, 5.41) is 11.0. The third kappa shape index (κ3) is 3.37. The van der Waals surface area contributed by atoms with Gasteiger partial charge < -0.3 is 5.11 Å². The van der Waals surface area contributed by atoms with E-state index in [1.807, 2.05) is 30.0 Å². The topological polar surface area (TPSA) is 40.5 Å². The van der Waals surface area contributed by atoms with Gasteiger partial charge in [-0.1, -0.05) is 29.8 Å². The maximum Gasteiger partial charge on any atom is 0.304 e. The maximum absolute atomic E-state index is 11.0. The summed E-state index contributed by atoms with van der Waals surface area (Å²) in [6.45, 7) is 1.67. The smallest absolute Gasteiger partial charge is 0.304 e. The van der Waals surface area contributed by atoms with E-state index in [1.54, 1.807) is 11.3 Å². The van der Waals surface area contributed by atoms with Crippen molar-refractivity contribution in [2.24, 2.45) is 0 Å². The summed E-state index contributed by atoms with van der Waals surface area (Å²) in [4.78, 5) is 14.4. The van der Waals surface area contributed by atoms with E-state index in [0.717, 1.165) is 39.9 Å². The standard InChI is InChI=1S/C15H16ClNO2S2/c16-15-11-3-1-2-4-12(11)21-13(15)8-17-5-6-20-9-10(17)7-14(18)19/h1-4,10H,5-9H2,(H,18,19). The molecule has 1 unspecified atom stereocenters. The molecule has 1 aliphatic rings. The number of carboxylic acids is 1. The minimum atomic E-state index is -0.727. The first kappa shape index (κ1) is 15.2. The van der Waals surface area contributed by atoms with Crippen molar-refractivity contribution in [3.8, 4) is 0 Å². The highest BCUT2D eigenvalue weighted by atomic mass is 35.5. The highest BCUT2D eigenvalue weighted by molar-refractivity contribution is 7.99. The monoisotopic (exact) mass is 341 g/mol. The summed E-state index contributed by atoms with van der Waals surface area (Å²) in [7, 11) is 0.